The lowest BCUT2D eigenvalue weighted by Gasteiger charge is -2.16. The summed E-state index contributed by atoms with van der Waals surface area (Å²) in [6.07, 6.45) is 1.89. The average Bonchev–Trinajstić information content (AvgIpc) is 3.25. The van der Waals surface area contributed by atoms with Crippen molar-refractivity contribution in [3.63, 3.8) is 0 Å². The number of carbonyl (C=O) groups is 3. The number of hydrogen-bond donors (Lipinski definition) is 1. The van der Waals surface area contributed by atoms with Crippen LogP contribution in [0.2, 0.25) is 0 Å². The van der Waals surface area contributed by atoms with Gasteiger partial charge in [-0.2, -0.15) is 0 Å². The van der Waals surface area contributed by atoms with Gasteiger partial charge in [-0.3, -0.25) is 9.59 Å². The quantitative estimate of drug-likeness (QED) is 0.783. The highest BCUT2D eigenvalue weighted by Crippen LogP contribution is 2.24. The molecule has 0 bridgehead atoms. The van der Waals surface area contributed by atoms with Crippen LogP contribution in [0.25, 0.3) is 0 Å². The molecule has 8 nitrogen and oxygen atoms in total. The van der Waals surface area contributed by atoms with Crippen LogP contribution in [0.4, 0.5) is 11.4 Å². The summed E-state index contributed by atoms with van der Waals surface area (Å²) >= 11 is 0. The van der Waals surface area contributed by atoms with Gasteiger partial charge < -0.3 is 19.5 Å². The lowest BCUT2D eigenvalue weighted by Crippen LogP contribution is -2.24. The number of aryl methyl sites for hydroxylation is 2. The second kappa shape index (κ2) is 8.03. The number of aromatic nitrogens is 1. The average molecular weight is 371 g/mol. The molecule has 1 aliphatic rings. The zero-order valence-corrected chi connectivity index (χ0v) is 15.3. The first-order chi connectivity index (χ1) is 13.0. The topological polar surface area (TPSA) is 102 Å². The van der Waals surface area contributed by atoms with E-state index in [0.29, 0.717) is 36.5 Å². The first kappa shape index (κ1) is 18.6. The van der Waals surface area contributed by atoms with Gasteiger partial charge in [-0.15, -0.1) is 0 Å². The highest BCUT2D eigenvalue weighted by molar-refractivity contribution is 5.98. The van der Waals surface area contributed by atoms with Gasteiger partial charge in [0.25, 0.3) is 5.91 Å². The molecule has 1 saturated heterocycles. The Kier molecular flexibility index (Phi) is 5.54. The second-order valence-corrected chi connectivity index (χ2v) is 6.24. The molecule has 1 aromatic carbocycles. The van der Waals surface area contributed by atoms with Crippen LogP contribution in [0.3, 0.4) is 0 Å². The smallest absolute Gasteiger partial charge is 0.344 e. The summed E-state index contributed by atoms with van der Waals surface area (Å²) < 4.78 is 10.1. The predicted molar refractivity (Wildman–Crippen MR) is 97.6 cm³/mol. The Morgan fingerprint density at radius 3 is 2.89 bits per heavy atom. The summed E-state index contributed by atoms with van der Waals surface area (Å²) in [7, 11) is 0. The van der Waals surface area contributed by atoms with Gasteiger partial charge in [-0.05, 0) is 38.0 Å². The number of hydrogen-bond acceptors (Lipinski definition) is 6. The predicted octanol–water partition coefficient (Wildman–Crippen LogP) is 2.47. The van der Waals surface area contributed by atoms with Crippen LogP contribution in [-0.4, -0.2) is 36.1 Å². The molecule has 1 aromatic heterocycles. The third-order valence-electron chi connectivity index (χ3n) is 4.32. The molecule has 0 radical (unpaired) electrons. The van der Waals surface area contributed by atoms with Crippen molar-refractivity contribution < 1.29 is 23.6 Å². The molecule has 2 heterocycles. The largest absolute Gasteiger partial charge is 0.452 e. The molecular formula is C19H21N3O5. The number of rotatable bonds is 6. The highest BCUT2D eigenvalue weighted by Gasteiger charge is 2.23. The lowest BCUT2D eigenvalue weighted by atomic mass is 10.1. The van der Waals surface area contributed by atoms with Gasteiger partial charge in [-0.25, -0.2) is 4.79 Å². The number of ether oxygens (including phenoxy) is 1. The van der Waals surface area contributed by atoms with E-state index in [4.69, 9.17) is 9.26 Å². The van der Waals surface area contributed by atoms with Crippen molar-refractivity contribution in [3.8, 4) is 0 Å². The molecule has 8 heteroatoms. The Bertz CT molecular complexity index is 874. The minimum Gasteiger partial charge on any atom is -0.452 e. The van der Waals surface area contributed by atoms with E-state index in [1.165, 1.54) is 0 Å². The summed E-state index contributed by atoms with van der Waals surface area (Å²) in [5.74, 6) is -0.680. The zero-order valence-electron chi connectivity index (χ0n) is 15.3. The molecule has 3 rings (SSSR count). The Hall–Kier alpha value is -3.16. The van der Waals surface area contributed by atoms with Gasteiger partial charge in [-0.1, -0.05) is 18.1 Å². The van der Waals surface area contributed by atoms with Gasteiger partial charge >= 0.3 is 5.97 Å². The molecular weight excluding hydrogens is 350 g/mol. The Balaban J connectivity index is 1.59. The summed E-state index contributed by atoms with van der Waals surface area (Å²) in [6.45, 7) is 3.71. The van der Waals surface area contributed by atoms with Crippen molar-refractivity contribution in [1.29, 1.82) is 0 Å². The molecule has 0 aliphatic carbocycles. The van der Waals surface area contributed by atoms with Crippen molar-refractivity contribution in [2.45, 2.75) is 33.1 Å². The molecule has 0 saturated carbocycles. The first-order valence-electron chi connectivity index (χ1n) is 8.82. The molecule has 0 spiro atoms. The fourth-order valence-electron chi connectivity index (χ4n) is 2.99. The number of nitrogens with one attached hydrogen (secondary N) is 1. The summed E-state index contributed by atoms with van der Waals surface area (Å²) in [5, 5.41) is 6.47. The van der Waals surface area contributed by atoms with Crippen LogP contribution in [0.5, 0.6) is 0 Å². The van der Waals surface area contributed by atoms with Crippen molar-refractivity contribution in [1.82, 2.24) is 5.16 Å². The van der Waals surface area contributed by atoms with Crippen LogP contribution in [-0.2, 0) is 20.7 Å². The van der Waals surface area contributed by atoms with Crippen molar-refractivity contribution in [2.24, 2.45) is 0 Å². The molecule has 1 fully saturated rings. The Morgan fingerprint density at radius 1 is 1.37 bits per heavy atom. The molecule has 0 unspecified atom stereocenters. The van der Waals surface area contributed by atoms with Crippen LogP contribution < -0.4 is 10.2 Å². The SMILES string of the molecule is CCc1noc(C)c1C(=O)OCC(=O)Nc1cccc(N2CCCC2=O)c1. The van der Waals surface area contributed by atoms with E-state index in [-0.39, 0.29) is 11.5 Å². The Morgan fingerprint density at radius 2 is 2.19 bits per heavy atom. The third-order valence-corrected chi connectivity index (χ3v) is 4.32. The van der Waals surface area contributed by atoms with Gasteiger partial charge in [0.1, 0.15) is 11.3 Å². The van der Waals surface area contributed by atoms with Gasteiger partial charge in [0.05, 0.1) is 5.69 Å². The second-order valence-electron chi connectivity index (χ2n) is 6.24. The number of benzene rings is 1. The van der Waals surface area contributed by atoms with E-state index >= 15 is 0 Å². The number of amides is 2. The molecule has 1 N–H and O–H groups in total. The fraction of sp³-hybridized carbons (Fsp3) is 0.368. The van der Waals surface area contributed by atoms with E-state index < -0.39 is 18.5 Å². The maximum absolute atomic E-state index is 12.2. The van der Waals surface area contributed by atoms with Crippen LogP contribution >= 0.6 is 0 Å². The van der Waals surface area contributed by atoms with Gasteiger partial charge in [0, 0.05) is 24.3 Å². The number of nitrogens with zero attached hydrogens (tertiary/aromatic N) is 2. The molecule has 2 aromatic rings. The van der Waals surface area contributed by atoms with E-state index in [0.717, 1.165) is 12.1 Å². The normalized spacial score (nSPS) is 13.7. The highest BCUT2D eigenvalue weighted by atomic mass is 16.5. The van der Waals surface area contributed by atoms with Crippen LogP contribution in [0.15, 0.2) is 28.8 Å². The minimum atomic E-state index is -0.642. The standard InChI is InChI=1S/C19H21N3O5/c1-3-15-18(12(2)27-21-15)19(25)26-11-16(23)20-13-6-4-7-14(10-13)22-9-5-8-17(22)24/h4,6-7,10H,3,5,8-9,11H2,1-2H3,(H,20,23). The fourth-order valence-corrected chi connectivity index (χ4v) is 2.99. The van der Waals surface area contributed by atoms with E-state index in [9.17, 15) is 14.4 Å². The third kappa shape index (κ3) is 4.16. The first-order valence-corrected chi connectivity index (χ1v) is 8.82. The number of carbonyl (C=O) groups excluding carboxylic acids is 3. The monoisotopic (exact) mass is 371 g/mol. The molecule has 27 heavy (non-hydrogen) atoms. The maximum atomic E-state index is 12.2. The molecule has 2 amide bonds. The van der Waals surface area contributed by atoms with Crippen LogP contribution in [0, 0.1) is 6.92 Å². The van der Waals surface area contributed by atoms with E-state index in [1.54, 1.807) is 30.0 Å². The maximum Gasteiger partial charge on any atom is 0.344 e. The van der Waals surface area contributed by atoms with Gasteiger partial charge in [0.2, 0.25) is 5.91 Å². The lowest BCUT2D eigenvalue weighted by molar-refractivity contribution is -0.119. The van der Waals surface area contributed by atoms with E-state index in [1.807, 2.05) is 13.0 Å². The van der Waals surface area contributed by atoms with Gasteiger partial charge in [0.15, 0.2) is 6.61 Å². The Labute approximate surface area is 156 Å². The number of anilines is 2. The van der Waals surface area contributed by atoms with Crippen LogP contribution in [0.1, 0.15) is 41.6 Å². The molecule has 0 atom stereocenters. The van der Waals surface area contributed by atoms with E-state index in [2.05, 4.69) is 10.5 Å². The number of esters is 1. The summed E-state index contributed by atoms with van der Waals surface area (Å²) in [4.78, 5) is 37.8. The molecule has 142 valence electrons. The zero-order chi connectivity index (χ0) is 19.4. The van der Waals surface area contributed by atoms with Crippen molar-refractivity contribution >= 4 is 29.2 Å². The van der Waals surface area contributed by atoms with Crippen molar-refractivity contribution in [3.05, 3.63) is 41.3 Å². The minimum absolute atomic E-state index is 0.0724. The summed E-state index contributed by atoms with van der Waals surface area (Å²) in [5.41, 5.74) is 2.03. The van der Waals surface area contributed by atoms with Crippen molar-refractivity contribution in [2.75, 3.05) is 23.4 Å². The molecule has 1 aliphatic heterocycles. The summed E-state index contributed by atoms with van der Waals surface area (Å²) in [6, 6.07) is 7.02.